The van der Waals surface area contributed by atoms with E-state index in [4.69, 9.17) is 0 Å². The summed E-state index contributed by atoms with van der Waals surface area (Å²) in [6, 6.07) is 0. The number of carbonyl (C=O) groups excluding carboxylic acids is 2. The fraction of sp³-hybridized carbons (Fsp3) is 0.333. The van der Waals surface area contributed by atoms with Gasteiger partial charge in [-0.3, -0.25) is 4.79 Å². The molecule has 0 unspecified atom stereocenters. The van der Waals surface area contributed by atoms with Crippen molar-refractivity contribution in [2.45, 2.75) is 6.92 Å². The Morgan fingerprint density at radius 2 is 1.20 bits per heavy atom. The quantitative estimate of drug-likeness (QED) is 0.316. The first-order chi connectivity index (χ1) is 2.64. The normalized spacial score (nSPS) is 4.50. The van der Waals surface area contributed by atoms with Crippen LogP contribution in [0.2, 0.25) is 0 Å². The number of carbonyl (C=O) groups is 2. The molecule has 7 heteroatoms. The van der Waals surface area contributed by atoms with Crippen LogP contribution in [0.15, 0.2) is 0 Å². The van der Waals surface area contributed by atoms with Gasteiger partial charge >= 0.3 is 19.5 Å². The largest absolute Gasteiger partial charge is 2.00 e. The van der Waals surface area contributed by atoms with Crippen LogP contribution in [-0.4, -0.2) is 28.2 Å². The average Bonchev–Trinajstić information content (AvgIpc) is 1.36. The minimum atomic E-state index is -1.63. The molecule has 0 heterocycles. The third-order valence-corrected chi connectivity index (χ3v) is 0.287. The maximum atomic E-state index is 9.48. The van der Waals surface area contributed by atoms with E-state index < -0.39 is 11.8 Å². The van der Waals surface area contributed by atoms with Crippen LogP contribution < -0.4 is 5.11 Å². The Bertz CT molecular complexity index is 79.0. The Morgan fingerprint density at radius 1 is 1.10 bits per heavy atom. The molecule has 0 aliphatic heterocycles. The van der Waals surface area contributed by atoms with Gasteiger partial charge < -0.3 is 26.3 Å². The maximum Gasteiger partial charge on any atom is 2.00 e. The summed E-state index contributed by atoms with van der Waals surface area (Å²) in [6.45, 7) is 0.940. The summed E-state index contributed by atoms with van der Waals surface area (Å²) in [7, 11) is 0. The number of hydrogen-bond donors (Lipinski definition) is 0. The summed E-state index contributed by atoms with van der Waals surface area (Å²) in [6.07, 6.45) is 0. The zero-order chi connectivity index (χ0) is 5.15. The van der Waals surface area contributed by atoms with Crippen LogP contribution in [0.3, 0.4) is 0 Å². The monoisotopic (exact) mass is 205 g/mol. The van der Waals surface area contributed by atoms with E-state index in [0.29, 0.717) is 0 Å². The molecule has 10 heavy (non-hydrogen) atoms. The third-order valence-electron chi connectivity index (χ3n) is 0.287. The van der Waals surface area contributed by atoms with Crippen molar-refractivity contribution in [3.05, 3.63) is 0 Å². The summed E-state index contributed by atoms with van der Waals surface area (Å²) < 4.78 is 0. The van der Waals surface area contributed by atoms with Crippen LogP contribution >= 0.6 is 0 Å². The average molecular weight is 206 g/mol. The van der Waals surface area contributed by atoms with Gasteiger partial charge in [0.15, 0.2) is 5.78 Å². The number of rotatable bonds is 1. The van der Waals surface area contributed by atoms with Crippen LogP contribution in [0, 0.1) is 0 Å². The number of ketones is 1. The SMILES string of the molecule is CC(=O)C(=O)[O-].O.O.O.[Zn+2]. The molecule has 0 amide bonds. The first-order valence-corrected chi connectivity index (χ1v) is 1.36. The number of hydrogen-bond acceptors (Lipinski definition) is 3. The van der Waals surface area contributed by atoms with E-state index in [1.807, 2.05) is 0 Å². The van der Waals surface area contributed by atoms with Crippen molar-refractivity contribution in [3.8, 4) is 0 Å². The van der Waals surface area contributed by atoms with Gasteiger partial charge in [-0.2, -0.15) is 0 Å². The topological polar surface area (TPSA) is 152 Å². The van der Waals surface area contributed by atoms with Crippen LogP contribution in [0.1, 0.15) is 6.92 Å². The van der Waals surface area contributed by atoms with E-state index in [9.17, 15) is 14.7 Å². The Labute approximate surface area is 69.9 Å². The third kappa shape index (κ3) is 25.4. The van der Waals surface area contributed by atoms with Crippen molar-refractivity contribution < 1.29 is 50.6 Å². The van der Waals surface area contributed by atoms with Crippen molar-refractivity contribution in [3.63, 3.8) is 0 Å². The second kappa shape index (κ2) is 15.9. The summed E-state index contributed by atoms with van der Waals surface area (Å²) in [5, 5.41) is 9.24. The molecular weight excluding hydrogens is 197 g/mol. The molecule has 0 aromatic rings. The van der Waals surface area contributed by atoms with E-state index in [2.05, 4.69) is 0 Å². The van der Waals surface area contributed by atoms with Gasteiger partial charge in [-0.25, -0.2) is 0 Å². The minimum absolute atomic E-state index is 0. The van der Waals surface area contributed by atoms with Crippen LogP contribution in [0.5, 0.6) is 0 Å². The van der Waals surface area contributed by atoms with E-state index in [-0.39, 0.29) is 35.9 Å². The fourth-order valence-electron chi connectivity index (χ4n) is 0. The van der Waals surface area contributed by atoms with Crippen molar-refractivity contribution in [1.29, 1.82) is 0 Å². The molecule has 0 aliphatic rings. The predicted octanol–water partition coefficient (Wildman–Crippen LogP) is -4.15. The van der Waals surface area contributed by atoms with Gasteiger partial charge in [0, 0.05) is 6.92 Å². The van der Waals surface area contributed by atoms with Crippen molar-refractivity contribution in [1.82, 2.24) is 0 Å². The zero-order valence-corrected chi connectivity index (χ0v) is 8.40. The zero-order valence-electron chi connectivity index (χ0n) is 5.43. The Balaban J connectivity index is -0.0000000208. The summed E-state index contributed by atoms with van der Waals surface area (Å²) in [5.74, 6) is -2.56. The second-order valence-electron chi connectivity index (χ2n) is 0.844. The van der Waals surface area contributed by atoms with Crippen molar-refractivity contribution in [2.75, 3.05) is 0 Å². The van der Waals surface area contributed by atoms with Crippen molar-refractivity contribution >= 4 is 11.8 Å². The van der Waals surface area contributed by atoms with Crippen LogP contribution in [0.25, 0.3) is 0 Å². The van der Waals surface area contributed by atoms with E-state index >= 15 is 0 Å². The number of carboxylic acids is 1. The van der Waals surface area contributed by atoms with Gasteiger partial charge in [0.25, 0.3) is 0 Å². The maximum absolute atomic E-state index is 9.48. The smallest absolute Gasteiger partial charge is 0.542 e. The Morgan fingerprint density at radius 3 is 1.20 bits per heavy atom. The van der Waals surface area contributed by atoms with Gasteiger partial charge in [-0.1, -0.05) is 0 Å². The first-order valence-electron chi connectivity index (χ1n) is 1.36. The summed E-state index contributed by atoms with van der Waals surface area (Å²) >= 11 is 0. The van der Waals surface area contributed by atoms with Gasteiger partial charge in [0.05, 0.1) is 0 Å². The number of carboxylic acid groups (broad SMARTS) is 1. The Kier molecular flexibility index (Phi) is 53.0. The fourth-order valence-corrected chi connectivity index (χ4v) is 0. The summed E-state index contributed by atoms with van der Waals surface area (Å²) in [4.78, 5) is 18.7. The standard InChI is InChI=1S/C3H4O3.3H2O.Zn/c1-2(4)3(5)6;;;;/h1H3,(H,5,6);3*1H2;/q;;;;+2/p-1. The molecule has 0 spiro atoms. The molecule has 6 nitrogen and oxygen atoms in total. The minimum Gasteiger partial charge on any atom is -0.542 e. The number of aliphatic carboxylic acids is 1. The van der Waals surface area contributed by atoms with Crippen LogP contribution in [-0.2, 0) is 29.1 Å². The molecule has 0 atom stereocenters. The molecular formula is C3H9O6Zn+. The van der Waals surface area contributed by atoms with E-state index in [1.54, 1.807) is 0 Å². The molecule has 0 aromatic heterocycles. The van der Waals surface area contributed by atoms with Gasteiger partial charge in [-0.05, 0) is 0 Å². The Hall–Kier alpha value is -0.357. The van der Waals surface area contributed by atoms with Gasteiger partial charge in [0.2, 0.25) is 0 Å². The molecule has 58 valence electrons. The summed E-state index contributed by atoms with van der Waals surface area (Å²) in [5.41, 5.74) is 0. The molecule has 0 aromatic carbocycles. The molecule has 0 bridgehead atoms. The first kappa shape index (κ1) is 33.4. The second-order valence-corrected chi connectivity index (χ2v) is 0.844. The van der Waals surface area contributed by atoms with Gasteiger partial charge in [0.1, 0.15) is 5.97 Å². The molecule has 0 fully saturated rings. The van der Waals surface area contributed by atoms with Gasteiger partial charge in [-0.15, -0.1) is 0 Å². The van der Waals surface area contributed by atoms with E-state index in [0.717, 1.165) is 6.92 Å². The van der Waals surface area contributed by atoms with E-state index in [1.165, 1.54) is 0 Å². The van der Waals surface area contributed by atoms with Crippen LogP contribution in [0.4, 0.5) is 0 Å². The molecule has 0 saturated carbocycles. The predicted molar refractivity (Wildman–Crippen MR) is 26.5 cm³/mol. The van der Waals surface area contributed by atoms with Crippen molar-refractivity contribution in [2.24, 2.45) is 0 Å². The molecule has 0 radical (unpaired) electrons. The molecule has 6 N–H and O–H groups in total. The molecule has 0 rings (SSSR count). The molecule has 0 aliphatic carbocycles. The molecule has 0 saturated heterocycles. The number of Topliss-reactive ketones (excluding diaryl/α,β-unsaturated/α-hetero) is 1.